The summed E-state index contributed by atoms with van der Waals surface area (Å²) >= 11 is 0. The number of methoxy groups -OCH3 is 1. The van der Waals surface area contributed by atoms with Crippen molar-refractivity contribution in [3.63, 3.8) is 0 Å². The highest BCUT2D eigenvalue weighted by Crippen LogP contribution is 2.26. The molecule has 0 aliphatic carbocycles. The number of rotatable bonds is 5. The summed E-state index contributed by atoms with van der Waals surface area (Å²) in [7, 11) is 1.61. The van der Waals surface area contributed by atoms with Crippen molar-refractivity contribution in [2.24, 2.45) is 5.73 Å². The van der Waals surface area contributed by atoms with Crippen LogP contribution >= 0.6 is 0 Å². The lowest BCUT2D eigenvalue weighted by Crippen LogP contribution is -2.18. The van der Waals surface area contributed by atoms with E-state index in [1.54, 1.807) is 13.2 Å². The first kappa shape index (κ1) is 14.3. The predicted octanol–water partition coefficient (Wildman–Crippen LogP) is 3.22. The highest BCUT2D eigenvalue weighted by atomic mass is 19.1. The van der Waals surface area contributed by atoms with Gasteiger partial charge < -0.3 is 15.2 Å². The molecule has 106 valence electrons. The summed E-state index contributed by atoms with van der Waals surface area (Å²) in [5, 5.41) is 0. The summed E-state index contributed by atoms with van der Waals surface area (Å²) < 4.78 is 24.2. The van der Waals surface area contributed by atoms with Gasteiger partial charge in [0.2, 0.25) is 0 Å². The maximum absolute atomic E-state index is 13.3. The molecule has 0 saturated heterocycles. The quantitative estimate of drug-likeness (QED) is 0.911. The summed E-state index contributed by atoms with van der Waals surface area (Å²) in [4.78, 5) is 0. The second kappa shape index (κ2) is 6.39. The Morgan fingerprint density at radius 1 is 1.15 bits per heavy atom. The van der Waals surface area contributed by atoms with Crippen LogP contribution in [0.4, 0.5) is 4.39 Å². The maximum Gasteiger partial charge on any atom is 0.136 e. The average molecular weight is 275 g/mol. The number of hydrogen-bond acceptors (Lipinski definition) is 3. The Kier molecular flexibility index (Phi) is 4.58. The monoisotopic (exact) mass is 275 g/mol. The first-order chi connectivity index (χ1) is 9.63. The Hall–Kier alpha value is -2.07. The molecule has 0 saturated carbocycles. The Labute approximate surface area is 118 Å². The molecule has 0 aromatic heterocycles. The fraction of sp³-hybridized carbons (Fsp3) is 0.250. The smallest absolute Gasteiger partial charge is 0.136 e. The van der Waals surface area contributed by atoms with Gasteiger partial charge in [-0.15, -0.1) is 0 Å². The zero-order valence-electron chi connectivity index (χ0n) is 11.6. The van der Waals surface area contributed by atoms with Gasteiger partial charge in [0.05, 0.1) is 7.11 Å². The van der Waals surface area contributed by atoms with Crippen molar-refractivity contribution in [2.45, 2.75) is 13.0 Å². The number of benzene rings is 2. The van der Waals surface area contributed by atoms with Crippen molar-refractivity contribution < 1.29 is 13.9 Å². The summed E-state index contributed by atoms with van der Waals surface area (Å²) in [6.45, 7) is 2.18. The highest BCUT2D eigenvalue weighted by molar-refractivity contribution is 5.34. The molecule has 0 aliphatic heterocycles. The van der Waals surface area contributed by atoms with E-state index in [4.69, 9.17) is 15.2 Å². The van der Waals surface area contributed by atoms with Gasteiger partial charge in [0.1, 0.15) is 23.4 Å². The van der Waals surface area contributed by atoms with Crippen LogP contribution in [0.15, 0.2) is 42.5 Å². The maximum atomic E-state index is 13.3. The van der Waals surface area contributed by atoms with E-state index in [-0.39, 0.29) is 11.9 Å². The van der Waals surface area contributed by atoms with E-state index in [0.29, 0.717) is 12.3 Å². The summed E-state index contributed by atoms with van der Waals surface area (Å²) in [5.74, 6) is 0.957. The third-order valence-corrected chi connectivity index (χ3v) is 3.12. The molecule has 1 unspecified atom stereocenters. The molecule has 0 amide bonds. The summed E-state index contributed by atoms with van der Waals surface area (Å²) in [6.07, 6.45) is -0.318. The van der Waals surface area contributed by atoms with Crippen molar-refractivity contribution in [3.05, 3.63) is 59.4 Å². The topological polar surface area (TPSA) is 44.5 Å². The van der Waals surface area contributed by atoms with Gasteiger partial charge in [-0.3, -0.25) is 0 Å². The van der Waals surface area contributed by atoms with Crippen LogP contribution in [0.25, 0.3) is 0 Å². The molecule has 0 fully saturated rings. The van der Waals surface area contributed by atoms with E-state index in [0.717, 1.165) is 16.9 Å². The van der Waals surface area contributed by atoms with Gasteiger partial charge in [0, 0.05) is 12.6 Å². The molecule has 2 aromatic rings. The molecule has 1 atom stereocenters. The molecule has 2 N–H and O–H groups in total. The summed E-state index contributed by atoms with van der Waals surface area (Å²) in [5.41, 5.74) is 7.56. The van der Waals surface area contributed by atoms with Crippen molar-refractivity contribution in [1.29, 1.82) is 0 Å². The average Bonchev–Trinajstić information content (AvgIpc) is 2.48. The van der Waals surface area contributed by atoms with Gasteiger partial charge >= 0.3 is 0 Å². The van der Waals surface area contributed by atoms with E-state index < -0.39 is 0 Å². The Balaban J connectivity index is 2.21. The van der Waals surface area contributed by atoms with E-state index in [2.05, 4.69) is 0 Å². The van der Waals surface area contributed by atoms with Crippen LogP contribution in [0.1, 0.15) is 17.2 Å². The first-order valence-electron chi connectivity index (χ1n) is 6.41. The summed E-state index contributed by atoms with van der Waals surface area (Å²) in [6, 6.07) is 12.0. The number of aryl methyl sites for hydroxylation is 1. The van der Waals surface area contributed by atoms with Crippen LogP contribution in [0.2, 0.25) is 0 Å². The standard InChI is InChI=1S/C16H18FNO2/c1-11-3-6-13(17)9-15(11)20-16(10-18)12-4-7-14(19-2)8-5-12/h3-9,16H,10,18H2,1-2H3. The first-order valence-corrected chi connectivity index (χ1v) is 6.41. The fourth-order valence-corrected chi connectivity index (χ4v) is 1.92. The molecule has 0 radical (unpaired) electrons. The van der Waals surface area contributed by atoms with Crippen LogP contribution < -0.4 is 15.2 Å². The lowest BCUT2D eigenvalue weighted by molar-refractivity contribution is 0.212. The molecule has 3 nitrogen and oxygen atoms in total. The molecular formula is C16H18FNO2. The van der Waals surface area contributed by atoms with E-state index >= 15 is 0 Å². The number of halogens is 1. The van der Waals surface area contributed by atoms with Crippen LogP contribution in [-0.2, 0) is 0 Å². The second-order valence-corrected chi connectivity index (χ2v) is 4.53. The van der Waals surface area contributed by atoms with Crippen molar-refractivity contribution in [2.75, 3.05) is 13.7 Å². The third-order valence-electron chi connectivity index (χ3n) is 3.12. The molecule has 4 heteroatoms. The minimum absolute atomic E-state index is 0.308. The van der Waals surface area contributed by atoms with Crippen molar-refractivity contribution in [1.82, 2.24) is 0 Å². The fourth-order valence-electron chi connectivity index (χ4n) is 1.92. The molecule has 0 aliphatic rings. The lowest BCUT2D eigenvalue weighted by Gasteiger charge is -2.19. The van der Waals surface area contributed by atoms with Crippen molar-refractivity contribution in [3.8, 4) is 11.5 Å². The zero-order chi connectivity index (χ0) is 14.5. The highest BCUT2D eigenvalue weighted by Gasteiger charge is 2.13. The molecule has 2 rings (SSSR count). The Morgan fingerprint density at radius 2 is 1.85 bits per heavy atom. The van der Waals surface area contributed by atoms with E-state index in [1.807, 2.05) is 31.2 Å². The van der Waals surface area contributed by atoms with Gasteiger partial charge in [-0.1, -0.05) is 18.2 Å². The normalized spacial score (nSPS) is 12.0. The minimum atomic E-state index is -0.323. The molecule has 0 heterocycles. The van der Waals surface area contributed by atoms with Crippen LogP contribution in [0, 0.1) is 12.7 Å². The predicted molar refractivity (Wildman–Crippen MR) is 76.6 cm³/mol. The van der Waals surface area contributed by atoms with Gasteiger partial charge in [-0.05, 0) is 36.2 Å². The van der Waals surface area contributed by atoms with Gasteiger partial charge in [-0.25, -0.2) is 4.39 Å². The molecule has 0 spiro atoms. The van der Waals surface area contributed by atoms with Crippen LogP contribution in [-0.4, -0.2) is 13.7 Å². The molecule has 20 heavy (non-hydrogen) atoms. The van der Waals surface area contributed by atoms with Gasteiger partial charge in [-0.2, -0.15) is 0 Å². The third kappa shape index (κ3) is 3.27. The minimum Gasteiger partial charge on any atom is -0.497 e. The van der Waals surface area contributed by atoms with E-state index in [9.17, 15) is 4.39 Å². The molecule has 0 bridgehead atoms. The van der Waals surface area contributed by atoms with Gasteiger partial charge in [0.25, 0.3) is 0 Å². The largest absolute Gasteiger partial charge is 0.497 e. The van der Waals surface area contributed by atoms with Gasteiger partial charge in [0.15, 0.2) is 0 Å². The second-order valence-electron chi connectivity index (χ2n) is 4.53. The Morgan fingerprint density at radius 3 is 2.45 bits per heavy atom. The molecular weight excluding hydrogens is 257 g/mol. The van der Waals surface area contributed by atoms with Crippen LogP contribution in [0.5, 0.6) is 11.5 Å². The molecule has 2 aromatic carbocycles. The van der Waals surface area contributed by atoms with E-state index in [1.165, 1.54) is 12.1 Å². The Bertz CT molecular complexity index is 569. The van der Waals surface area contributed by atoms with Crippen LogP contribution in [0.3, 0.4) is 0 Å². The number of hydrogen-bond donors (Lipinski definition) is 1. The lowest BCUT2D eigenvalue weighted by atomic mass is 10.1. The zero-order valence-corrected chi connectivity index (χ0v) is 11.6. The SMILES string of the molecule is COc1ccc(C(CN)Oc2cc(F)ccc2C)cc1. The number of ether oxygens (including phenoxy) is 2. The number of nitrogens with two attached hydrogens (primary N) is 1. The van der Waals surface area contributed by atoms with Crippen molar-refractivity contribution >= 4 is 0 Å².